The quantitative estimate of drug-likeness (QED) is 0.906. The maximum Gasteiger partial charge on any atom is 0.227 e. The van der Waals surface area contributed by atoms with Crippen molar-refractivity contribution in [2.45, 2.75) is 44.8 Å². The van der Waals surface area contributed by atoms with Gasteiger partial charge in [-0.2, -0.15) is 0 Å². The molecule has 1 fully saturated rings. The highest BCUT2D eigenvalue weighted by Gasteiger charge is 2.29. The normalized spacial score (nSPS) is 20.6. The van der Waals surface area contributed by atoms with Crippen LogP contribution < -0.4 is 0 Å². The number of hydrogen-bond acceptors (Lipinski definition) is 2. The highest BCUT2D eigenvalue weighted by molar-refractivity contribution is 5.79. The van der Waals surface area contributed by atoms with Gasteiger partial charge in [-0.15, -0.1) is 0 Å². The van der Waals surface area contributed by atoms with Crippen LogP contribution in [0.3, 0.4) is 0 Å². The number of benzene rings is 1. The molecule has 0 spiro atoms. The number of hydrogen-bond donors (Lipinski definition) is 1. The van der Waals surface area contributed by atoms with E-state index in [0.717, 1.165) is 19.4 Å². The van der Waals surface area contributed by atoms with E-state index in [9.17, 15) is 14.3 Å². The molecule has 0 saturated carbocycles. The van der Waals surface area contributed by atoms with E-state index in [1.54, 1.807) is 19.1 Å². The summed E-state index contributed by atoms with van der Waals surface area (Å²) in [4.78, 5) is 14.1. The summed E-state index contributed by atoms with van der Waals surface area (Å²) in [5.74, 6) is -0.291. The van der Waals surface area contributed by atoms with Gasteiger partial charge in [-0.3, -0.25) is 4.79 Å². The predicted octanol–water partition coefficient (Wildman–Crippen LogP) is 2.13. The molecular formula is C15H20FNO2. The summed E-state index contributed by atoms with van der Waals surface area (Å²) in [7, 11) is 0. The van der Waals surface area contributed by atoms with Gasteiger partial charge in [0, 0.05) is 12.6 Å². The maximum atomic E-state index is 13.1. The minimum Gasteiger partial charge on any atom is -0.393 e. The fourth-order valence-electron chi connectivity index (χ4n) is 2.73. The number of likely N-dealkylation sites (tertiary alicyclic amines) is 1. The van der Waals surface area contributed by atoms with Gasteiger partial charge in [0.1, 0.15) is 5.82 Å². The molecule has 1 amide bonds. The molecule has 1 aromatic carbocycles. The number of rotatable bonds is 4. The van der Waals surface area contributed by atoms with Crippen LogP contribution in [0.25, 0.3) is 0 Å². The van der Waals surface area contributed by atoms with Gasteiger partial charge in [0.25, 0.3) is 0 Å². The lowest BCUT2D eigenvalue weighted by molar-refractivity contribution is -0.131. The Bertz CT molecular complexity index is 448. The van der Waals surface area contributed by atoms with Crippen molar-refractivity contribution in [2.24, 2.45) is 0 Å². The summed E-state index contributed by atoms with van der Waals surface area (Å²) in [5.41, 5.74) is 0.702. The van der Waals surface area contributed by atoms with Crippen molar-refractivity contribution in [3.05, 3.63) is 35.6 Å². The van der Waals surface area contributed by atoms with Crippen LogP contribution in [0.1, 0.15) is 31.7 Å². The SMILES string of the molecule is CC(O)CC1CCCN1C(=O)Cc1cccc(F)c1. The first-order valence-electron chi connectivity index (χ1n) is 6.78. The lowest BCUT2D eigenvalue weighted by atomic mass is 10.1. The summed E-state index contributed by atoms with van der Waals surface area (Å²) in [6.07, 6.45) is 2.38. The Balaban J connectivity index is 1.99. The molecule has 1 N–H and O–H groups in total. The molecule has 104 valence electrons. The Hall–Kier alpha value is -1.42. The topological polar surface area (TPSA) is 40.5 Å². The minimum atomic E-state index is -0.396. The highest BCUT2D eigenvalue weighted by atomic mass is 19.1. The highest BCUT2D eigenvalue weighted by Crippen LogP contribution is 2.22. The second kappa shape index (κ2) is 6.15. The zero-order valence-corrected chi connectivity index (χ0v) is 11.2. The lowest BCUT2D eigenvalue weighted by Gasteiger charge is -2.25. The molecular weight excluding hydrogens is 245 g/mol. The average molecular weight is 265 g/mol. The van der Waals surface area contributed by atoms with E-state index in [0.29, 0.717) is 12.0 Å². The maximum absolute atomic E-state index is 13.1. The molecule has 0 aromatic heterocycles. The van der Waals surface area contributed by atoms with Crippen molar-refractivity contribution in [2.75, 3.05) is 6.54 Å². The Kier molecular flexibility index (Phi) is 4.53. The summed E-state index contributed by atoms with van der Waals surface area (Å²) < 4.78 is 13.1. The molecule has 1 aliphatic rings. The number of amides is 1. The van der Waals surface area contributed by atoms with Crippen LogP contribution in [-0.2, 0) is 11.2 Å². The van der Waals surface area contributed by atoms with Gasteiger partial charge in [0.05, 0.1) is 12.5 Å². The van der Waals surface area contributed by atoms with E-state index in [1.807, 2.05) is 4.90 Å². The van der Waals surface area contributed by atoms with Gasteiger partial charge in [0.15, 0.2) is 0 Å². The summed E-state index contributed by atoms with van der Waals surface area (Å²) in [6, 6.07) is 6.29. The van der Waals surface area contributed by atoms with Gasteiger partial charge < -0.3 is 10.0 Å². The Labute approximate surface area is 113 Å². The Morgan fingerprint density at radius 1 is 1.58 bits per heavy atom. The second-order valence-corrected chi connectivity index (χ2v) is 5.27. The van der Waals surface area contributed by atoms with Crippen molar-refractivity contribution in [1.29, 1.82) is 0 Å². The van der Waals surface area contributed by atoms with Crippen LogP contribution >= 0.6 is 0 Å². The number of carbonyl (C=O) groups excluding carboxylic acids is 1. The second-order valence-electron chi connectivity index (χ2n) is 5.27. The van der Waals surface area contributed by atoms with Crippen molar-refractivity contribution < 1.29 is 14.3 Å². The molecule has 1 heterocycles. The van der Waals surface area contributed by atoms with Crippen LogP contribution in [0.2, 0.25) is 0 Å². The van der Waals surface area contributed by atoms with Gasteiger partial charge in [-0.1, -0.05) is 12.1 Å². The van der Waals surface area contributed by atoms with E-state index >= 15 is 0 Å². The molecule has 1 aliphatic heterocycles. The van der Waals surface area contributed by atoms with E-state index in [4.69, 9.17) is 0 Å². The van der Waals surface area contributed by atoms with Crippen LogP contribution in [-0.4, -0.2) is 34.6 Å². The molecule has 0 aliphatic carbocycles. The first-order chi connectivity index (χ1) is 9.06. The molecule has 0 bridgehead atoms. The zero-order valence-electron chi connectivity index (χ0n) is 11.2. The van der Waals surface area contributed by atoms with Crippen LogP contribution in [0, 0.1) is 5.82 Å². The van der Waals surface area contributed by atoms with Gasteiger partial charge in [-0.05, 0) is 43.9 Å². The largest absolute Gasteiger partial charge is 0.393 e. The van der Waals surface area contributed by atoms with Gasteiger partial charge in [-0.25, -0.2) is 4.39 Å². The first kappa shape index (κ1) is 14.0. The first-order valence-corrected chi connectivity index (χ1v) is 6.78. The molecule has 2 atom stereocenters. The van der Waals surface area contributed by atoms with Crippen LogP contribution in [0.4, 0.5) is 4.39 Å². The summed E-state index contributed by atoms with van der Waals surface area (Å²) in [5, 5.41) is 9.45. The predicted molar refractivity (Wildman–Crippen MR) is 71.1 cm³/mol. The smallest absolute Gasteiger partial charge is 0.227 e. The van der Waals surface area contributed by atoms with Crippen molar-refractivity contribution in [1.82, 2.24) is 4.90 Å². The standard InChI is InChI=1S/C15H20FNO2/c1-11(18)8-14-6-3-7-17(14)15(19)10-12-4-2-5-13(16)9-12/h2,4-5,9,11,14,18H,3,6-8,10H2,1H3. The number of nitrogens with zero attached hydrogens (tertiary/aromatic N) is 1. The van der Waals surface area contributed by atoms with E-state index in [2.05, 4.69) is 0 Å². The van der Waals surface area contributed by atoms with Crippen molar-refractivity contribution in [3.63, 3.8) is 0 Å². The zero-order chi connectivity index (χ0) is 13.8. The molecule has 4 heteroatoms. The number of carbonyl (C=O) groups is 1. The molecule has 3 nitrogen and oxygen atoms in total. The fraction of sp³-hybridized carbons (Fsp3) is 0.533. The third kappa shape index (κ3) is 3.77. The van der Waals surface area contributed by atoms with Crippen molar-refractivity contribution in [3.8, 4) is 0 Å². The number of aliphatic hydroxyl groups excluding tert-OH is 1. The lowest BCUT2D eigenvalue weighted by Crippen LogP contribution is -2.38. The Morgan fingerprint density at radius 3 is 3.05 bits per heavy atom. The number of halogens is 1. The monoisotopic (exact) mass is 265 g/mol. The van der Waals surface area contributed by atoms with Gasteiger partial charge in [0.2, 0.25) is 5.91 Å². The van der Waals surface area contributed by atoms with Crippen molar-refractivity contribution >= 4 is 5.91 Å². The molecule has 2 rings (SSSR count). The average Bonchev–Trinajstić information content (AvgIpc) is 2.76. The Morgan fingerprint density at radius 2 is 2.37 bits per heavy atom. The third-order valence-corrected chi connectivity index (χ3v) is 3.56. The number of aliphatic hydroxyl groups is 1. The van der Waals surface area contributed by atoms with Crippen LogP contribution in [0.15, 0.2) is 24.3 Å². The molecule has 19 heavy (non-hydrogen) atoms. The van der Waals surface area contributed by atoms with E-state index in [1.165, 1.54) is 12.1 Å². The molecule has 2 unspecified atom stereocenters. The minimum absolute atomic E-state index is 0.0220. The molecule has 1 aromatic rings. The van der Waals surface area contributed by atoms with E-state index in [-0.39, 0.29) is 24.2 Å². The van der Waals surface area contributed by atoms with E-state index < -0.39 is 6.10 Å². The van der Waals surface area contributed by atoms with Gasteiger partial charge >= 0.3 is 0 Å². The fourth-order valence-corrected chi connectivity index (χ4v) is 2.73. The summed E-state index contributed by atoms with van der Waals surface area (Å²) in [6.45, 7) is 2.49. The molecule has 1 saturated heterocycles. The third-order valence-electron chi connectivity index (χ3n) is 3.56. The van der Waals surface area contributed by atoms with Crippen LogP contribution in [0.5, 0.6) is 0 Å². The molecule has 0 radical (unpaired) electrons. The summed E-state index contributed by atoms with van der Waals surface area (Å²) >= 11 is 0.